The van der Waals surface area contributed by atoms with Crippen LogP contribution in [-0.2, 0) is 12.3 Å². The Labute approximate surface area is 134 Å². The Morgan fingerprint density at radius 1 is 1.05 bits per heavy atom. The molecule has 0 aliphatic carbocycles. The van der Waals surface area contributed by atoms with E-state index in [2.05, 4.69) is 17.1 Å². The van der Waals surface area contributed by atoms with Crippen molar-refractivity contribution in [1.82, 2.24) is 9.55 Å². The maximum atomic E-state index is 12.1. The fourth-order valence-electron chi connectivity index (χ4n) is 2.12. The van der Waals surface area contributed by atoms with Crippen molar-refractivity contribution in [2.75, 3.05) is 0 Å². The van der Waals surface area contributed by atoms with E-state index in [0.717, 1.165) is 11.3 Å². The standard InChI is InChI=1S/C18H16N2OS/c21-18(12-20-11-10-19-14-20)16-6-8-17(9-7-16)22-13-15-4-2-1-3-5-15/h1-11,14H,12-13H2. The minimum absolute atomic E-state index is 0.0950. The normalized spacial score (nSPS) is 10.5. The first-order chi connectivity index (χ1) is 10.8. The minimum Gasteiger partial charge on any atom is -0.330 e. The van der Waals surface area contributed by atoms with Crippen LogP contribution < -0.4 is 0 Å². The van der Waals surface area contributed by atoms with E-state index in [-0.39, 0.29) is 5.78 Å². The van der Waals surface area contributed by atoms with E-state index in [9.17, 15) is 4.79 Å². The predicted molar refractivity (Wildman–Crippen MR) is 89.0 cm³/mol. The van der Waals surface area contributed by atoms with Crippen molar-refractivity contribution < 1.29 is 4.79 Å². The first kappa shape index (κ1) is 14.6. The second-order valence-corrected chi connectivity index (χ2v) is 6.01. The van der Waals surface area contributed by atoms with Crippen molar-refractivity contribution in [2.24, 2.45) is 0 Å². The van der Waals surface area contributed by atoms with Gasteiger partial charge in [-0.15, -0.1) is 11.8 Å². The Morgan fingerprint density at radius 3 is 2.50 bits per heavy atom. The summed E-state index contributed by atoms with van der Waals surface area (Å²) in [5.74, 6) is 1.03. The van der Waals surface area contributed by atoms with Gasteiger partial charge < -0.3 is 4.57 Å². The van der Waals surface area contributed by atoms with Gasteiger partial charge in [-0.05, 0) is 17.7 Å². The first-order valence-corrected chi connectivity index (χ1v) is 8.05. The van der Waals surface area contributed by atoms with Crippen LogP contribution >= 0.6 is 11.8 Å². The van der Waals surface area contributed by atoms with Crippen molar-refractivity contribution in [1.29, 1.82) is 0 Å². The number of nitrogens with zero attached hydrogens (tertiary/aromatic N) is 2. The second-order valence-electron chi connectivity index (χ2n) is 4.96. The van der Waals surface area contributed by atoms with E-state index in [1.165, 1.54) is 10.5 Å². The Hall–Kier alpha value is -2.33. The molecule has 0 fully saturated rings. The van der Waals surface area contributed by atoms with Crippen LogP contribution in [0.3, 0.4) is 0 Å². The molecular weight excluding hydrogens is 292 g/mol. The molecule has 22 heavy (non-hydrogen) atoms. The van der Waals surface area contributed by atoms with Gasteiger partial charge in [-0.1, -0.05) is 42.5 Å². The zero-order valence-electron chi connectivity index (χ0n) is 12.1. The number of imidazole rings is 1. The van der Waals surface area contributed by atoms with Crippen LogP contribution in [0, 0.1) is 0 Å². The Kier molecular flexibility index (Phi) is 4.71. The number of carbonyl (C=O) groups excluding carboxylic acids is 1. The third-order valence-corrected chi connectivity index (χ3v) is 4.39. The molecule has 1 aromatic heterocycles. The summed E-state index contributed by atoms with van der Waals surface area (Å²) in [6.07, 6.45) is 5.13. The molecule has 3 rings (SSSR count). The Bertz CT molecular complexity index is 722. The number of benzene rings is 2. The molecule has 0 radical (unpaired) electrons. The van der Waals surface area contributed by atoms with Gasteiger partial charge in [-0.3, -0.25) is 4.79 Å². The highest BCUT2D eigenvalue weighted by atomic mass is 32.2. The average molecular weight is 308 g/mol. The summed E-state index contributed by atoms with van der Waals surface area (Å²) in [6.45, 7) is 0.330. The average Bonchev–Trinajstić information content (AvgIpc) is 3.07. The Balaban J connectivity index is 1.59. The number of hydrogen-bond acceptors (Lipinski definition) is 3. The van der Waals surface area contributed by atoms with Crippen LogP contribution in [0.1, 0.15) is 15.9 Å². The van der Waals surface area contributed by atoms with Gasteiger partial charge in [0.1, 0.15) is 0 Å². The number of thioether (sulfide) groups is 1. The van der Waals surface area contributed by atoms with E-state index in [1.807, 2.05) is 42.5 Å². The summed E-state index contributed by atoms with van der Waals surface area (Å²) in [5.41, 5.74) is 2.03. The molecule has 3 nitrogen and oxygen atoms in total. The van der Waals surface area contributed by atoms with E-state index < -0.39 is 0 Å². The maximum absolute atomic E-state index is 12.1. The highest BCUT2D eigenvalue weighted by Crippen LogP contribution is 2.23. The van der Waals surface area contributed by atoms with E-state index in [1.54, 1.807) is 35.0 Å². The molecule has 3 aromatic rings. The van der Waals surface area contributed by atoms with E-state index in [4.69, 9.17) is 0 Å². The van der Waals surface area contributed by atoms with Crippen LogP contribution in [0.25, 0.3) is 0 Å². The molecule has 0 atom stereocenters. The van der Waals surface area contributed by atoms with Crippen molar-refractivity contribution >= 4 is 17.5 Å². The highest BCUT2D eigenvalue weighted by Gasteiger charge is 2.06. The minimum atomic E-state index is 0.0950. The van der Waals surface area contributed by atoms with Crippen molar-refractivity contribution in [3.05, 3.63) is 84.4 Å². The lowest BCUT2D eigenvalue weighted by Crippen LogP contribution is -2.08. The topological polar surface area (TPSA) is 34.9 Å². The first-order valence-electron chi connectivity index (χ1n) is 7.07. The number of carbonyl (C=O) groups is 1. The number of Topliss-reactive ketones (excluding diaryl/α,β-unsaturated/α-hetero) is 1. The van der Waals surface area contributed by atoms with Gasteiger partial charge >= 0.3 is 0 Å². The summed E-state index contributed by atoms with van der Waals surface area (Å²) >= 11 is 1.77. The quantitative estimate of drug-likeness (QED) is 0.509. The largest absolute Gasteiger partial charge is 0.330 e. The van der Waals surface area contributed by atoms with Gasteiger partial charge in [-0.2, -0.15) is 0 Å². The lowest BCUT2D eigenvalue weighted by atomic mass is 10.1. The molecule has 1 heterocycles. The molecule has 2 aromatic carbocycles. The lowest BCUT2D eigenvalue weighted by molar-refractivity contribution is 0.0972. The summed E-state index contributed by atoms with van der Waals surface area (Å²) in [5, 5.41) is 0. The van der Waals surface area contributed by atoms with Crippen LogP contribution in [0.5, 0.6) is 0 Å². The van der Waals surface area contributed by atoms with E-state index in [0.29, 0.717) is 6.54 Å². The van der Waals surface area contributed by atoms with Gasteiger partial charge in [0, 0.05) is 28.6 Å². The van der Waals surface area contributed by atoms with Gasteiger partial charge in [0.05, 0.1) is 12.9 Å². The fraction of sp³-hybridized carbons (Fsp3) is 0.111. The summed E-state index contributed by atoms with van der Waals surface area (Å²) in [4.78, 5) is 17.3. The molecule has 0 N–H and O–H groups in total. The number of rotatable bonds is 6. The third kappa shape index (κ3) is 3.86. The third-order valence-electron chi connectivity index (χ3n) is 3.31. The SMILES string of the molecule is O=C(Cn1ccnc1)c1ccc(SCc2ccccc2)cc1. The number of ketones is 1. The van der Waals surface area contributed by atoms with Crippen molar-refractivity contribution in [3.63, 3.8) is 0 Å². The molecule has 0 saturated carbocycles. The molecule has 0 aliphatic heterocycles. The van der Waals surface area contributed by atoms with Gasteiger partial charge in [0.2, 0.25) is 0 Å². The van der Waals surface area contributed by atoms with Crippen molar-refractivity contribution in [3.8, 4) is 0 Å². The van der Waals surface area contributed by atoms with Gasteiger partial charge in [0.25, 0.3) is 0 Å². The predicted octanol–water partition coefficient (Wildman–Crippen LogP) is 4.06. The molecule has 110 valence electrons. The fourth-order valence-corrected chi connectivity index (χ4v) is 2.97. The summed E-state index contributed by atoms with van der Waals surface area (Å²) in [7, 11) is 0. The molecule has 4 heteroatoms. The second kappa shape index (κ2) is 7.09. The smallest absolute Gasteiger partial charge is 0.182 e. The molecule has 0 spiro atoms. The van der Waals surface area contributed by atoms with Crippen LogP contribution in [0.15, 0.2) is 78.2 Å². The highest BCUT2D eigenvalue weighted by molar-refractivity contribution is 7.98. The zero-order valence-corrected chi connectivity index (χ0v) is 12.9. The van der Waals surface area contributed by atoms with Crippen LogP contribution in [0.2, 0.25) is 0 Å². The van der Waals surface area contributed by atoms with Crippen LogP contribution in [0.4, 0.5) is 0 Å². The maximum Gasteiger partial charge on any atom is 0.182 e. The molecule has 0 amide bonds. The Morgan fingerprint density at radius 2 is 1.82 bits per heavy atom. The summed E-state index contributed by atoms with van der Waals surface area (Å²) in [6, 6.07) is 18.2. The van der Waals surface area contributed by atoms with Crippen molar-refractivity contribution in [2.45, 2.75) is 17.2 Å². The number of aromatic nitrogens is 2. The molecule has 0 bridgehead atoms. The molecule has 0 unspecified atom stereocenters. The summed E-state index contributed by atoms with van der Waals surface area (Å²) < 4.78 is 1.78. The molecule has 0 saturated heterocycles. The van der Waals surface area contributed by atoms with E-state index >= 15 is 0 Å². The number of hydrogen-bond donors (Lipinski definition) is 0. The van der Waals surface area contributed by atoms with Gasteiger partial charge in [-0.25, -0.2) is 4.98 Å². The lowest BCUT2D eigenvalue weighted by Gasteiger charge is -2.05. The zero-order chi connectivity index (χ0) is 15.2. The monoisotopic (exact) mass is 308 g/mol. The molecular formula is C18H16N2OS. The van der Waals surface area contributed by atoms with Crippen LogP contribution in [-0.4, -0.2) is 15.3 Å². The van der Waals surface area contributed by atoms with Gasteiger partial charge in [0.15, 0.2) is 5.78 Å². The molecule has 0 aliphatic rings.